The minimum atomic E-state index is 0. The van der Waals surface area contributed by atoms with Crippen LogP contribution in [0.2, 0.25) is 0 Å². The number of nitrogen functional groups attached to an aromatic ring is 1. The lowest BCUT2D eigenvalue weighted by atomic mass is 10.3. The van der Waals surface area contributed by atoms with Gasteiger partial charge in [-0.15, -0.1) is 12.4 Å². The number of nitrogens with zero attached hydrogens (tertiary/aromatic N) is 3. The van der Waals surface area contributed by atoms with Crippen LogP contribution >= 0.6 is 35.5 Å². The highest BCUT2D eigenvalue weighted by atomic mass is 35.5. The maximum atomic E-state index is 5.59. The van der Waals surface area contributed by atoms with Crippen LogP contribution in [0.15, 0.2) is 12.1 Å². The molecular weight excluding hydrogens is 240 g/mol. The van der Waals surface area contributed by atoms with E-state index in [9.17, 15) is 0 Å². The molecule has 0 aliphatic carbocycles. The van der Waals surface area contributed by atoms with Crippen molar-refractivity contribution in [2.45, 2.75) is 0 Å². The number of rotatable bonds is 0. The van der Waals surface area contributed by atoms with Gasteiger partial charge in [-0.2, -0.15) is 8.75 Å². The molecule has 3 aromatic rings. The molecule has 7 heteroatoms. The van der Waals surface area contributed by atoms with Crippen LogP contribution in [0, 0.1) is 0 Å². The van der Waals surface area contributed by atoms with Crippen LogP contribution < -0.4 is 5.73 Å². The summed E-state index contributed by atoms with van der Waals surface area (Å²) in [4.78, 5) is 4.18. The summed E-state index contributed by atoms with van der Waals surface area (Å²) >= 11 is 2.69. The average Bonchev–Trinajstić information content (AvgIpc) is 2.63. The Hall–Kier alpha value is -0.980. The average molecular weight is 245 g/mol. The Balaban J connectivity index is 0.000000750. The lowest BCUT2D eigenvalue weighted by Gasteiger charge is -1.85. The number of aromatic nitrogens is 3. The highest BCUT2D eigenvalue weighted by Gasteiger charge is 2.05. The Kier molecular flexibility index (Phi) is 2.26. The van der Waals surface area contributed by atoms with Crippen LogP contribution in [0.5, 0.6) is 0 Å². The van der Waals surface area contributed by atoms with Gasteiger partial charge >= 0.3 is 0 Å². The van der Waals surface area contributed by atoms with Crippen molar-refractivity contribution in [3.8, 4) is 0 Å². The molecule has 0 atom stereocenters. The Morgan fingerprint density at radius 3 is 2.57 bits per heavy atom. The molecule has 1 aromatic carbocycles. The lowest BCUT2D eigenvalue weighted by molar-refractivity contribution is 1.50. The van der Waals surface area contributed by atoms with Crippen LogP contribution in [0.3, 0.4) is 0 Å². The number of anilines is 1. The van der Waals surface area contributed by atoms with Gasteiger partial charge in [0.05, 0.1) is 21.9 Å². The zero-order chi connectivity index (χ0) is 8.84. The normalized spacial score (nSPS) is 10.6. The summed E-state index contributed by atoms with van der Waals surface area (Å²) in [5, 5.41) is 0.589. The van der Waals surface area contributed by atoms with Crippen molar-refractivity contribution in [1.82, 2.24) is 13.7 Å². The highest BCUT2D eigenvalue weighted by molar-refractivity contribution is 7.22. The smallest absolute Gasteiger partial charge is 0.181 e. The molecule has 2 aromatic heterocycles. The van der Waals surface area contributed by atoms with Gasteiger partial charge < -0.3 is 5.73 Å². The van der Waals surface area contributed by atoms with Crippen LogP contribution in [-0.2, 0) is 0 Å². The monoisotopic (exact) mass is 244 g/mol. The number of hydrogen-bond donors (Lipinski definition) is 1. The molecule has 3 rings (SSSR count). The fourth-order valence-corrected chi connectivity index (χ4v) is 2.48. The molecule has 0 fully saturated rings. The van der Waals surface area contributed by atoms with E-state index in [1.807, 2.05) is 12.1 Å². The van der Waals surface area contributed by atoms with Gasteiger partial charge in [0.2, 0.25) is 0 Å². The predicted molar refractivity (Wildman–Crippen MR) is 62.3 cm³/mol. The first-order valence-electron chi connectivity index (χ1n) is 3.61. The maximum Gasteiger partial charge on any atom is 0.181 e. The third-order valence-electron chi connectivity index (χ3n) is 1.78. The van der Waals surface area contributed by atoms with E-state index < -0.39 is 0 Å². The molecule has 2 heterocycles. The zero-order valence-corrected chi connectivity index (χ0v) is 9.25. The molecule has 4 nitrogen and oxygen atoms in total. The number of halogens is 1. The third kappa shape index (κ3) is 1.31. The van der Waals surface area contributed by atoms with Crippen molar-refractivity contribution in [2.24, 2.45) is 0 Å². The molecule has 0 saturated carbocycles. The summed E-state index contributed by atoms with van der Waals surface area (Å²) < 4.78 is 9.35. The van der Waals surface area contributed by atoms with Crippen molar-refractivity contribution in [1.29, 1.82) is 0 Å². The summed E-state index contributed by atoms with van der Waals surface area (Å²) in [5.41, 5.74) is 8.31. The van der Waals surface area contributed by atoms with E-state index in [0.717, 1.165) is 21.3 Å². The minimum absolute atomic E-state index is 0. The Morgan fingerprint density at radius 2 is 1.79 bits per heavy atom. The molecule has 0 radical (unpaired) electrons. The minimum Gasteiger partial charge on any atom is -0.375 e. The van der Waals surface area contributed by atoms with E-state index in [-0.39, 0.29) is 12.4 Å². The molecule has 0 amide bonds. The summed E-state index contributed by atoms with van der Waals surface area (Å²) in [6.45, 7) is 0. The largest absolute Gasteiger partial charge is 0.375 e. The van der Waals surface area contributed by atoms with Gasteiger partial charge in [-0.1, -0.05) is 11.3 Å². The van der Waals surface area contributed by atoms with Gasteiger partial charge in [0.1, 0.15) is 11.0 Å². The van der Waals surface area contributed by atoms with E-state index in [1.54, 1.807) is 0 Å². The van der Waals surface area contributed by atoms with E-state index in [4.69, 9.17) is 5.73 Å². The summed E-state index contributed by atoms with van der Waals surface area (Å²) in [6, 6.07) is 3.89. The summed E-state index contributed by atoms with van der Waals surface area (Å²) in [7, 11) is 0. The van der Waals surface area contributed by atoms with Gasteiger partial charge in [0.25, 0.3) is 0 Å². The second-order valence-corrected chi connectivity index (χ2v) is 4.22. The molecule has 0 saturated heterocycles. The maximum absolute atomic E-state index is 5.59. The second kappa shape index (κ2) is 3.30. The SMILES string of the molecule is Cl.Nc1nc2cc3nsnc3cc2s1. The number of fused-ring (bicyclic) bond motifs is 2. The first-order valence-corrected chi connectivity index (χ1v) is 5.16. The van der Waals surface area contributed by atoms with Crippen LogP contribution in [0.4, 0.5) is 5.13 Å². The molecule has 0 aliphatic rings. The quantitative estimate of drug-likeness (QED) is 0.659. The van der Waals surface area contributed by atoms with Gasteiger partial charge in [0.15, 0.2) is 5.13 Å². The first kappa shape index (κ1) is 9.57. The van der Waals surface area contributed by atoms with Crippen molar-refractivity contribution in [3.63, 3.8) is 0 Å². The van der Waals surface area contributed by atoms with Crippen molar-refractivity contribution >= 4 is 61.9 Å². The molecule has 72 valence electrons. The van der Waals surface area contributed by atoms with Gasteiger partial charge in [0, 0.05) is 0 Å². The number of thiazole rings is 1. The number of hydrogen-bond acceptors (Lipinski definition) is 6. The second-order valence-electron chi connectivity index (χ2n) is 2.62. The Labute approximate surface area is 93.5 Å². The third-order valence-corrected chi connectivity index (χ3v) is 3.18. The van der Waals surface area contributed by atoms with Crippen molar-refractivity contribution in [3.05, 3.63) is 12.1 Å². The zero-order valence-electron chi connectivity index (χ0n) is 6.80. The molecule has 2 N–H and O–H groups in total. The van der Waals surface area contributed by atoms with Crippen LogP contribution in [0.25, 0.3) is 21.3 Å². The van der Waals surface area contributed by atoms with Crippen molar-refractivity contribution in [2.75, 3.05) is 5.73 Å². The summed E-state index contributed by atoms with van der Waals surface area (Å²) in [5.74, 6) is 0. The lowest BCUT2D eigenvalue weighted by Crippen LogP contribution is -1.79. The molecule has 0 spiro atoms. The standard InChI is InChI=1S/C7H4N4S2.ClH/c8-7-9-5-1-3-4(11-13-10-3)2-6(5)12-7;/h1-2H,(H2,8,9);1H. The molecule has 14 heavy (non-hydrogen) atoms. The van der Waals surface area contributed by atoms with Gasteiger partial charge in [-0.05, 0) is 12.1 Å². The van der Waals surface area contributed by atoms with E-state index in [1.165, 1.54) is 23.1 Å². The Bertz CT molecular complexity index is 539. The predicted octanol–water partition coefficient (Wildman–Crippen LogP) is 2.30. The van der Waals surface area contributed by atoms with Crippen LogP contribution in [-0.4, -0.2) is 13.7 Å². The van der Waals surface area contributed by atoms with E-state index in [2.05, 4.69) is 13.7 Å². The topological polar surface area (TPSA) is 64.7 Å². The summed E-state index contributed by atoms with van der Waals surface area (Å²) in [6.07, 6.45) is 0. The molecule has 0 unspecified atom stereocenters. The van der Waals surface area contributed by atoms with Crippen LogP contribution in [0.1, 0.15) is 0 Å². The van der Waals surface area contributed by atoms with E-state index >= 15 is 0 Å². The Morgan fingerprint density at radius 1 is 1.07 bits per heavy atom. The number of benzene rings is 1. The molecular formula is C7H5ClN4S2. The van der Waals surface area contributed by atoms with Gasteiger partial charge in [-0.25, -0.2) is 4.98 Å². The van der Waals surface area contributed by atoms with E-state index in [0.29, 0.717) is 5.13 Å². The van der Waals surface area contributed by atoms with Gasteiger partial charge in [-0.3, -0.25) is 0 Å². The molecule has 0 bridgehead atoms. The fourth-order valence-electron chi connectivity index (χ4n) is 1.22. The van der Waals surface area contributed by atoms with Crippen molar-refractivity contribution < 1.29 is 0 Å². The molecule has 0 aliphatic heterocycles. The first-order chi connectivity index (χ1) is 6.33. The number of nitrogens with two attached hydrogens (primary N) is 1. The fraction of sp³-hybridized carbons (Fsp3) is 0. The highest BCUT2D eigenvalue weighted by Crippen LogP contribution is 2.27.